The Morgan fingerprint density at radius 1 is 0.548 bits per heavy atom. The van der Waals surface area contributed by atoms with Crippen molar-refractivity contribution >= 4 is 52.7 Å². The maximum Gasteiger partial charge on any atom is 0.179 e. The van der Waals surface area contributed by atoms with Crippen molar-refractivity contribution in [1.29, 1.82) is 0 Å². The van der Waals surface area contributed by atoms with Crippen LogP contribution in [0.15, 0.2) is 34.1 Å². The molecule has 0 radical (unpaired) electrons. The van der Waals surface area contributed by atoms with E-state index in [1.807, 2.05) is 0 Å². The maximum atomic E-state index is 12.7. The minimum absolute atomic E-state index is 0.0180. The molecule has 2 aromatic carbocycles. The number of benzene rings is 2. The molecule has 0 atom stereocenters. The van der Waals surface area contributed by atoms with Crippen LogP contribution >= 0.6 is 23.2 Å². The molecule has 6 nitrogen and oxygen atoms in total. The van der Waals surface area contributed by atoms with E-state index in [1.54, 1.807) is 27.7 Å². The van der Waals surface area contributed by atoms with Gasteiger partial charge in [-0.2, -0.15) is 0 Å². The lowest BCUT2D eigenvalue weighted by molar-refractivity contribution is 0.584. The molecule has 0 aliphatic heterocycles. The molecular formula is C20H24Cl2O6S3. The monoisotopic (exact) mass is 526 g/mol. The Bertz CT molecular complexity index is 1230. The van der Waals surface area contributed by atoms with Gasteiger partial charge in [-0.1, -0.05) is 23.2 Å². The number of sulfone groups is 3. The number of aryl methyl sites for hydroxylation is 4. The summed E-state index contributed by atoms with van der Waals surface area (Å²) in [7, 11) is -11.7. The Hall–Kier alpha value is -1.13. The Morgan fingerprint density at radius 2 is 0.871 bits per heavy atom. The highest BCUT2D eigenvalue weighted by atomic mass is 35.5. The van der Waals surface area contributed by atoms with Crippen LogP contribution in [0, 0.1) is 27.7 Å². The molecular weight excluding hydrogens is 503 g/mol. The van der Waals surface area contributed by atoms with Gasteiger partial charge in [0, 0.05) is 10.0 Å². The first kappa shape index (κ1) is 26.1. The molecule has 0 aromatic heterocycles. The zero-order valence-electron chi connectivity index (χ0n) is 17.6. The first-order chi connectivity index (χ1) is 14.1. The van der Waals surface area contributed by atoms with Crippen molar-refractivity contribution in [3.8, 4) is 0 Å². The van der Waals surface area contributed by atoms with Gasteiger partial charge in [0.2, 0.25) is 0 Å². The van der Waals surface area contributed by atoms with Crippen molar-refractivity contribution in [3.05, 3.63) is 56.6 Å². The van der Waals surface area contributed by atoms with E-state index in [2.05, 4.69) is 0 Å². The smallest absolute Gasteiger partial charge is 0.179 e. The summed E-state index contributed by atoms with van der Waals surface area (Å²) in [5.41, 5.74) is 1.97. The molecule has 0 amide bonds. The van der Waals surface area contributed by atoms with Gasteiger partial charge in [-0.05, 0) is 74.2 Å². The second-order valence-corrected chi connectivity index (χ2v) is 14.8. The Kier molecular flexibility index (Phi) is 7.91. The predicted octanol–water partition coefficient (Wildman–Crippen LogP) is 3.89. The largest absolute Gasteiger partial charge is 0.229 e. The fourth-order valence-electron chi connectivity index (χ4n) is 2.97. The Balaban J connectivity index is 2.15. The fraction of sp³-hybridized carbons (Fsp3) is 0.400. The highest BCUT2D eigenvalue weighted by molar-refractivity contribution is 7.96. The maximum absolute atomic E-state index is 12.7. The van der Waals surface area contributed by atoms with Gasteiger partial charge < -0.3 is 0 Å². The number of rotatable bonds is 8. The zero-order valence-corrected chi connectivity index (χ0v) is 21.5. The summed E-state index contributed by atoms with van der Waals surface area (Å²) < 4.78 is 75.5. The van der Waals surface area contributed by atoms with E-state index < -0.39 is 52.5 Å². The van der Waals surface area contributed by atoms with Gasteiger partial charge in [-0.15, -0.1) is 0 Å². The Morgan fingerprint density at radius 3 is 1.19 bits per heavy atom. The fourth-order valence-corrected chi connectivity index (χ4v) is 9.65. The van der Waals surface area contributed by atoms with Crippen molar-refractivity contribution < 1.29 is 25.3 Å². The lowest BCUT2D eigenvalue weighted by Gasteiger charge is -2.12. The first-order valence-electron chi connectivity index (χ1n) is 9.25. The van der Waals surface area contributed by atoms with Crippen LogP contribution in [0.3, 0.4) is 0 Å². The van der Waals surface area contributed by atoms with Crippen molar-refractivity contribution in [3.63, 3.8) is 0 Å². The van der Waals surface area contributed by atoms with Crippen molar-refractivity contribution in [2.24, 2.45) is 0 Å². The molecule has 0 fully saturated rings. The molecule has 0 bridgehead atoms. The van der Waals surface area contributed by atoms with Crippen LogP contribution in [0.25, 0.3) is 0 Å². The summed E-state index contributed by atoms with van der Waals surface area (Å²) in [5, 5.41) is 0.837. The van der Waals surface area contributed by atoms with Crippen LogP contribution in [0.2, 0.25) is 10.0 Å². The van der Waals surface area contributed by atoms with Gasteiger partial charge in [0.15, 0.2) is 29.5 Å². The van der Waals surface area contributed by atoms with Crippen LogP contribution in [0.1, 0.15) is 22.3 Å². The Labute approximate surface area is 194 Å². The van der Waals surface area contributed by atoms with Crippen LogP contribution in [0.4, 0.5) is 0 Å². The highest BCUT2D eigenvalue weighted by Gasteiger charge is 2.25. The quantitative estimate of drug-likeness (QED) is 0.516. The van der Waals surface area contributed by atoms with Gasteiger partial charge in [0.05, 0.1) is 32.8 Å². The minimum Gasteiger partial charge on any atom is -0.229 e. The zero-order chi connectivity index (χ0) is 23.8. The normalized spacial score (nSPS) is 12.8. The second-order valence-electron chi connectivity index (χ2n) is 7.52. The van der Waals surface area contributed by atoms with Crippen molar-refractivity contribution in [2.75, 3.05) is 23.0 Å². The summed E-state index contributed by atoms with van der Waals surface area (Å²) in [6.07, 6.45) is 0. The molecule has 0 aliphatic carbocycles. The summed E-state index contributed by atoms with van der Waals surface area (Å²) in [6.45, 7) is 6.47. The average Bonchev–Trinajstić information content (AvgIpc) is 2.64. The summed E-state index contributed by atoms with van der Waals surface area (Å²) in [5.74, 6) is -2.64. The number of hydrogen-bond acceptors (Lipinski definition) is 6. The molecule has 0 saturated heterocycles. The molecule has 0 unspecified atom stereocenters. The van der Waals surface area contributed by atoms with Gasteiger partial charge in [0.25, 0.3) is 0 Å². The van der Waals surface area contributed by atoms with E-state index in [-0.39, 0.29) is 9.79 Å². The molecule has 31 heavy (non-hydrogen) atoms. The van der Waals surface area contributed by atoms with Crippen LogP contribution in [-0.2, 0) is 29.5 Å². The van der Waals surface area contributed by atoms with Gasteiger partial charge in [-0.25, -0.2) is 25.3 Å². The lowest BCUT2D eigenvalue weighted by Crippen LogP contribution is -2.24. The highest BCUT2D eigenvalue weighted by Crippen LogP contribution is 2.26. The van der Waals surface area contributed by atoms with E-state index in [0.29, 0.717) is 32.3 Å². The second kappa shape index (κ2) is 9.39. The lowest BCUT2D eigenvalue weighted by atomic mass is 10.2. The summed E-state index contributed by atoms with van der Waals surface area (Å²) in [6, 6.07) is 5.86. The predicted molar refractivity (Wildman–Crippen MR) is 125 cm³/mol. The number of hydrogen-bond donors (Lipinski definition) is 0. The number of halogens is 2. The molecule has 2 rings (SSSR count). The molecule has 0 N–H and O–H groups in total. The molecule has 2 aromatic rings. The average molecular weight is 528 g/mol. The minimum atomic E-state index is -3.94. The third-order valence-corrected chi connectivity index (χ3v) is 11.6. The summed E-state index contributed by atoms with van der Waals surface area (Å²) in [4.78, 5) is 0.0361. The standard InChI is InChI=1S/C20H24Cl2O6S3/c1-13-11-19(15(3)9-17(13)21)30(25,26)7-5-29(23,24)6-8-31(27,28)20-12-14(2)18(22)10-16(20)4/h9-12H,5-8H2,1-4H3. The molecule has 11 heteroatoms. The van der Waals surface area contributed by atoms with Crippen LogP contribution in [0.5, 0.6) is 0 Å². The van der Waals surface area contributed by atoms with Crippen LogP contribution in [-0.4, -0.2) is 48.3 Å². The molecule has 0 aliphatic rings. The molecule has 172 valence electrons. The van der Waals surface area contributed by atoms with E-state index >= 15 is 0 Å². The van der Waals surface area contributed by atoms with Crippen molar-refractivity contribution in [1.82, 2.24) is 0 Å². The van der Waals surface area contributed by atoms with Gasteiger partial charge in [-0.3, -0.25) is 0 Å². The van der Waals surface area contributed by atoms with Crippen molar-refractivity contribution in [2.45, 2.75) is 37.5 Å². The van der Waals surface area contributed by atoms with E-state index in [1.165, 1.54) is 24.3 Å². The van der Waals surface area contributed by atoms with E-state index in [4.69, 9.17) is 23.2 Å². The molecule has 0 spiro atoms. The van der Waals surface area contributed by atoms with Gasteiger partial charge >= 0.3 is 0 Å². The van der Waals surface area contributed by atoms with E-state index in [0.717, 1.165) is 0 Å². The SMILES string of the molecule is Cc1cc(S(=O)(=O)CCS(=O)(=O)CCS(=O)(=O)c2cc(C)c(Cl)cc2C)c(C)cc1Cl. The van der Waals surface area contributed by atoms with E-state index in [9.17, 15) is 25.3 Å². The van der Waals surface area contributed by atoms with Crippen LogP contribution < -0.4 is 0 Å². The molecule has 0 saturated carbocycles. The topological polar surface area (TPSA) is 102 Å². The molecule has 0 heterocycles. The summed E-state index contributed by atoms with van der Waals surface area (Å²) >= 11 is 12.0. The third kappa shape index (κ3) is 6.44. The first-order valence-corrected chi connectivity index (χ1v) is 15.1. The van der Waals surface area contributed by atoms with Gasteiger partial charge in [0.1, 0.15) is 0 Å². The third-order valence-electron chi connectivity index (χ3n) is 4.91.